The van der Waals surface area contributed by atoms with Crippen LogP contribution in [0.1, 0.15) is 195 Å². The lowest BCUT2D eigenvalue weighted by Crippen LogP contribution is -2.12. The van der Waals surface area contributed by atoms with Gasteiger partial charge in [-0.3, -0.25) is 0 Å². The highest BCUT2D eigenvalue weighted by Gasteiger charge is 2.11. The molecule has 0 aliphatic carbocycles. The van der Waals surface area contributed by atoms with Gasteiger partial charge in [-0.15, -0.1) is 0 Å². The Labute approximate surface area is 246 Å². The van der Waals surface area contributed by atoms with Crippen molar-refractivity contribution in [1.82, 2.24) is 0 Å². The molecule has 0 N–H and O–H groups in total. The normalized spacial score (nSPS) is 13.6. The van der Waals surface area contributed by atoms with Crippen molar-refractivity contribution >= 4 is 10.4 Å². The van der Waals surface area contributed by atoms with Gasteiger partial charge in [0.2, 0.25) is 0 Å². The number of hydrogen-bond acceptors (Lipinski definition) is 4. The molecule has 0 fully saturated rings. The summed E-state index contributed by atoms with van der Waals surface area (Å²) < 4.78 is 33.9. The molecule has 0 heterocycles. The maximum Gasteiger partial charge on any atom is 0.399 e. The van der Waals surface area contributed by atoms with Crippen molar-refractivity contribution in [2.75, 3.05) is 13.2 Å². The zero-order chi connectivity index (χ0) is 28.9. The SMILES string of the molecule is CCCCCCCCC(C)CCCCCCCOS(=O)(=O)OCCCCCCCC(C)CCCCCCCC. The molecule has 0 aliphatic rings. The summed E-state index contributed by atoms with van der Waals surface area (Å²) in [7, 11) is -3.83. The molecule has 0 aromatic carbocycles. The molecule has 4 nitrogen and oxygen atoms in total. The first-order chi connectivity index (χ1) is 18.9. The van der Waals surface area contributed by atoms with Gasteiger partial charge in [0.25, 0.3) is 0 Å². The summed E-state index contributed by atoms with van der Waals surface area (Å²) >= 11 is 0. The lowest BCUT2D eigenvalue weighted by Gasteiger charge is -2.11. The van der Waals surface area contributed by atoms with E-state index in [1.54, 1.807) is 0 Å². The average molecular weight is 575 g/mol. The molecule has 0 aliphatic heterocycles. The summed E-state index contributed by atoms with van der Waals surface area (Å²) in [5.74, 6) is 1.68. The Balaban J connectivity index is 3.45. The summed E-state index contributed by atoms with van der Waals surface area (Å²) in [4.78, 5) is 0. The summed E-state index contributed by atoms with van der Waals surface area (Å²) in [5, 5.41) is 0. The number of hydrogen-bond donors (Lipinski definition) is 0. The maximum absolute atomic E-state index is 11.9. The van der Waals surface area contributed by atoms with E-state index in [1.807, 2.05) is 0 Å². The highest BCUT2D eigenvalue weighted by atomic mass is 32.3. The van der Waals surface area contributed by atoms with Gasteiger partial charge < -0.3 is 0 Å². The Hall–Kier alpha value is -0.130. The maximum atomic E-state index is 11.9. The fraction of sp³-hybridized carbons (Fsp3) is 1.00. The molecule has 0 radical (unpaired) electrons. The fourth-order valence-electron chi connectivity index (χ4n) is 5.44. The number of unbranched alkanes of at least 4 members (excludes halogenated alkanes) is 18. The van der Waals surface area contributed by atoms with Gasteiger partial charge in [-0.05, 0) is 24.7 Å². The van der Waals surface area contributed by atoms with Gasteiger partial charge in [-0.25, -0.2) is 8.37 Å². The van der Waals surface area contributed by atoms with Gasteiger partial charge in [0.05, 0.1) is 13.2 Å². The molecule has 2 atom stereocenters. The van der Waals surface area contributed by atoms with E-state index in [-0.39, 0.29) is 13.2 Å². The molecule has 39 heavy (non-hydrogen) atoms. The van der Waals surface area contributed by atoms with E-state index in [2.05, 4.69) is 27.7 Å². The molecular weight excluding hydrogens is 504 g/mol. The van der Waals surface area contributed by atoms with Gasteiger partial charge in [-0.1, -0.05) is 182 Å². The summed E-state index contributed by atoms with van der Waals surface area (Å²) in [6.45, 7) is 9.82. The van der Waals surface area contributed by atoms with Crippen LogP contribution >= 0.6 is 0 Å². The third kappa shape index (κ3) is 30.7. The highest BCUT2D eigenvalue weighted by Crippen LogP contribution is 2.19. The van der Waals surface area contributed by atoms with Crippen LogP contribution in [0.3, 0.4) is 0 Å². The summed E-state index contributed by atoms with van der Waals surface area (Å²) in [5.41, 5.74) is 0. The fourth-order valence-corrected chi connectivity index (χ4v) is 6.15. The second kappa shape index (κ2) is 29.4. The molecular formula is C34H70O4S. The topological polar surface area (TPSA) is 52.6 Å². The van der Waals surface area contributed by atoms with Crippen LogP contribution in [0.25, 0.3) is 0 Å². The quantitative estimate of drug-likeness (QED) is 0.0750. The minimum absolute atomic E-state index is 0.244. The van der Waals surface area contributed by atoms with Crippen LogP contribution in [0.2, 0.25) is 0 Å². The average Bonchev–Trinajstić information content (AvgIpc) is 2.91. The lowest BCUT2D eigenvalue weighted by molar-refractivity contribution is 0.207. The van der Waals surface area contributed by atoms with Crippen LogP contribution in [-0.2, 0) is 18.8 Å². The van der Waals surface area contributed by atoms with Crippen LogP contribution in [0.15, 0.2) is 0 Å². The lowest BCUT2D eigenvalue weighted by atomic mass is 9.96. The van der Waals surface area contributed by atoms with Crippen LogP contribution in [0.4, 0.5) is 0 Å². The zero-order valence-corrected chi connectivity index (χ0v) is 27.8. The van der Waals surface area contributed by atoms with Crippen molar-refractivity contribution in [1.29, 1.82) is 0 Å². The molecule has 0 bridgehead atoms. The molecule has 0 saturated carbocycles. The Morgan fingerprint density at radius 1 is 0.410 bits per heavy atom. The first-order valence-corrected chi connectivity index (χ1v) is 18.8. The monoisotopic (exact) mass is 574 g/mol. The third-order valence-electron chi connectivity index (χ3n) is 8.24. The van der Waals surface area contributed by atoms with Crippen molar-refractivity contribution in [2.45, 2.75) is 195 Å². The standard InChI is InChI=1S/C34H70O4S/c1-5-7-9-11-15-21-27-33(3)29-23-17-13-19-25-31-37-39(35,36)38-32-26-20-14-18-24-30-34(4)28-22-16-12-10-8-6-2/h33-34H,5-32H2,1-4H3. The summed E-state index contributed by atoms with van der Waals surface area (Å²) in [6.07, 6.45) is 33.0. The molecule has 2 unspecified atom stereocenters. The zero-order valence-electron chi connectivity index (χ0n) is 27.0. The van der Waals surface area contributed by atoms with Crippen LogP contribution in [-0.4, -0.2) is 21.6 Å². The first kappa shape index (κ1) is 38.9. The molecule has 0 spiro atoms. The van der Waals surface area contributed by atoms with Crippen molar-refractivity contribution < 1.29 is 16.8 Å². The van der Waals surface area contributed by atoms with E-state index < -0.39 is 10.4 Å². The van der Waals surface area contributed by atoms with Crippen molar-refractivity contribution in [3.8, 4) is 0 Å². The predicted octanol–water partition coefficient (Wildman–Crippen LogP) is 11.7. The Morgan fingerprint density at radius 3 is 0.974 bits per heavy atom. The first-order valence-electron chi connectivity index (χ1n) is 17.4. The predicted molar refractivity (Wildman–Crippen MR) is 171 cm³/mol. The van der Waals surface area contributed by atoms with E-state index in [9.17, 15) is 8.42 Å². The van der Waals surface area contributed by atoms with Crippen molar-refractivity contribution in [2.24, 2.45) is 11.8 Å². The van der Waals surface area contributed by atoms with Gasteiger partial charge >= 0.3 is 10.4 Å². The van der Waals surface area contributed by atoms with Crippen molar-refractivity contribution in [3.05, 3.63) is 0 Å². The van der Waals surface area contributed by atoms with Gasteiger partial charge in [-0.2, -0.15) is 8.42 Å². The van der Waals surface area contributed by atoms with Crippen molar-refractivity contribution in [3.63, 3.8) is 0 Å². The van der Waals surface area contributed by atoms with Gasteiger partial charge in [0.15, 0.2) is 0 Å². The largest absolute Gasteiger partial charge is 0.399 e. The van der Waals surface area contributed by atoms with Gasteiger partial charge in [0.1, 0.15) is 0 Å². The minimum Gasteiger partial charge on any atom is -0.248 e. The Kier molecular flexibility index (Phi) is 29.3. The molecule has 5 heteroatoms. The molecule has 0 saturated heterocycles. The van der Waals surface area contributed by atoms with E-state index in [4.69, 9.17) is 8.37 Å². The van der Waals surface area contributed by atoms with Gasteiger partial charge in [0, 0.05) is 0 Å². The van der Waals surface area contributed by atoms with Crippen LogP contribution < -0.4 is 0 Å². The minimum atomic E-state index is -3.83. The van der Waals surface area contributed by atoms with E-state index in [0.29, 0.717) is 0 Å². The third-order valence-corrected chi connectivity index (χ3v) is 9.15. The van der Waals surface area contributed by atoms with Crippen LogP contribution in [0.5, 0.6) is 0 Å². The van der Waals surface area contributed by atoms with E-state index in [1.165, 1.54) is 128 Å². The molecule has 0 rings (SSSR count). The highest BCUT2D eigenvalue weighted by molar-refractivity contribution is 7.81. The molecule has 236 valence electrons. The van der Waals surface area contributed by atoms with Crippen LogP contribution in [0, 0.1) is 11.8 Å². The second-order valence-electron chi connectivity index (χ2n) is 12.5. The van der Waals surface area contributed by atoms with E-state index in [0.717, 1.165) is 50.4 Å². The second-order valence-corrected chi connectivity index (χ2v) is 13.8. The molecule has 0 aromatic rings. The molecule has 0 aromatic heterocycles. The smallest absolute Gasteiger partial charge is 0.248 e. The summed E-state index contributed by atoms with van der Waals surface area (Å²) in [6, 6.07) is 0. The number of rotatable bonds is 32. The Morgan fingerprint density at radius 2 is 0.667 bits per heavy atom. The Bertz CT molecular complexity index is 534. The molecule has 0 amide bonds. The van der Waals surface area contributed by atoms with E-state index >= 15 is 0 Å².